The Hall–Kier alpha value is -2.75. The summed E-state index contributed by atoms with van der Waals surface area (Å²) in [6.45, 7) is 1.33. The number of nitrogens with zero attached hydrogens (tertiary/aromatic N) is 6. The number of rotatable bonds is 5. The van der Waals surface area contributed by atoms with Gasteiger partial charge in [0.15, 0.2) is 11.5 Å². The van der Waals surface area contributed by atoms with Gasteiger partial charge in [-0.1, -0.05) is 0 Å². The van der Waals surface area contributed by atoms with Crippen molar-refractivity contribution in [3.63, 3.8) is 0 Å². The van der Waals surface area contributed by atoms with Crippen LogP contribution in [0, 0.1) is 0 Å². The Kier molecular flexibility index (Phi) is 3.92. The highest BCUT2D eigenvalue weighted by Crippen LogP contribution is 2.41. The van der Waals surface area contributed by atoms with Crippen LogP contribution in [0.15, 0.2) is 29.3 Å². The van der Waals surface area contributed by atoms with Gasteiger partial charge >= 0.3 is 6.09 Å². The maximum atomic E-state index is 12.1. The van der Waals surface area contributed by atoms with Crippen LogP contribution in [0.5, 0.6) is 0 Å². The molecule has 0 atom stereocenters. The molecule has 1 amide bonds. The van der Waals surface area contributed by atoms with E-state index in [1.165, 1.54) is 24.7 Å². The molecule has 0 radical (unpaired) electrons. The van der Waals surface area contributed by atoms with Crippen molar-refractivity contribution in [3.8, 4) is 0 Å². The van der Waals surface area contributed by atoms with E-state index in [1.807, 2.05) is 12.3 Å². The zero-order chi connectivity index (χ0) is 18.4. The van der Waals surface area contributed by atoms with Gasteiger partial charge in [-0.3, -0.25) is 4.90 Å². The topological polar surface area (TPSA) is 97.5 Å². The quantitative estimate of drug-likeness (QED) is 0.622. The Balaban J connectivity index is 1.49. The average molecular weight is 430 g/mol. The largest absolute Gasteiger partial charge is 0.447 e. The number of carbonyl (C=O) groups excluding carboxylic acids is 1. The molecular weight excluding hydrogens is 414 g/mol. The van der Waals surface area contributed by atoms with Crippen LogP contribution in [-0.4, -0.2) is 43.8 Å². The molecule has 27 heavy (non-hydrogen) atoms. The van der Waals surface area contributed by atoms with Crippen molar-refractivity contribution in [2.24, 2.45) is 0 Å². The van der Waals surface area contributed by atoms with Crippen LogP contribution in [0.25, 0.3) is 5.65 Å². The molecule has 2 fully saturated rings. The number of cyclic esters (lactones) is 1. The van der Waals surface area contributed by atoms with Gasteiger partial charge in [0.25, 0.3) is 0 Å². The molecular formula is C17H16BrN7O2. The van der Waals surface area contributed by atoms with Gasteiger partial charge in [-0.15, -0.1) is 5.10 Å². The van der Waals surface area contributed by atoms with E-state index in [4.69, 9.17) is 4.74 Å². The highest BCUT2D eigenvalue weighted by molar-refractivity contribution is 9.10. The van der Waals surface area contributed by atoms with E-state index in [2.05, 4.69) is 41.3 Å². The van der Waals surface area contributed by atoms with Gasteiger partial charge in [0.05, 0.1) is 18.8 Å². The van der Waals surface area contributed by atoms with Crippen molar-refractivity contribution in [2.75, 3.05) is 23.4 Å². The van der Waals surface area contributed by atoms with E-state index in [0.717, 1.165) is 5.69 Å². The highest BCUT2D eigenvalue weighted by Gasteiger charge is 2.30. The first-order valence-corrected chi connectivity index (χ1v) is 9.51. The van der Waals surface area contributed by atoms with E-state index in [0.29, 0.717) is 47.5 Å². The molecule has 1 aliphatic carbocycles. The maximum absolute atomic E-state index is 12.1. The van der Waals surface area contributed by atoms with Crippen LogP contribution in [0.1, 0.15) is 30.1 Å². The fraction of sp³-hybridized carbons (Fsp3) is 0.353. The number of amides is 1. The van der Waals surface area contributed by atoms with E-state index in [-0.39, 0.29) is 6.09 Å². The van der Waals surface area contributed by atoms with Crippen LogP contribution in [0.4, 0.5) is 16.3 Å². The molecule has 0 aromatic carbocycles. The van der Waals surface area contributed by atoms with Crippen LogP contribution in [0.2, 0.25) is 0 Å². The Morgan fingerprint density at radius 2 is 2.19 bits per heavy atom. The predicted molar refractivity (Wildman–Crippen MR) is 101 cm³/mol. The van der Waals surface area contributed by atoms with Gasteiger partial charge in [0.2, 0.25) is 0 Å². The predicted octanol–water partition coefficient (Wildman–Crippen LogP) is 2.73. The molecule has 138 valence electrons. The van der Waals surface area contributed by atoms with Gasteiger partial charge in [-0.05, 0) is 46.3 Å². The van der Waals surface area contributed by atoms with Crippen molar-refractivity contribution < 1.29 is 9.53 Å². The van der Waals surface area contributed by atoms with Crippen molar-refractivity contribution in [2.45, 2.75) is 25.3 Å². The lowest BCUT2D eigenvalue weighted by Crippen LogP contribution is -2.24. The minimum absolute atomic E-state index is 0.335. The number of fused-ring (bicyclic) bond motifs is 1. The van der Waals surface area contributed by atoms with Gasteiger partial charge in [-0.2, -0.15) is 0 Å². The summed E-state index contributed by atoms with van der Waals surface area (Å²) in [7, 11) is 0. The lowest BCUT2D eigenvalue weighted by molar-refractivity contribution is 0.181. The Labute approximate surface area is 162 Å². The number of ether oxygens (including phenoxy) is 1. The summed E-state index contributed by atoms with van der Waals surface area (Å²) >= 11 is 3.32. The van der Waals surface area contributed by atoms with Crippen molar-refractivity contribution in [1.29, 1.82) is 0 Å². The number of hydrogen-bond donors (Lipinski definition) is 1. The number of anilines is 2. The first-order chi connectivity index (χ1) is 13.2. The summed E-state index contributed by atoms with van der Waals surface area (Å²) in [6.07, 6.45) is 5.48. The number of halogens is 1. The second-order valence-electron chi connectivity index (χ2n) is 6.57. The zero-order valence-electron chi connectivity index (χ0n) is 14.3. The zero-order valence-corrected chi connectivity index (χ0v) is 15.9. The van der Waals surface area contributed by atoms with Gasteiger partial charge in [0, 0.05) is 12.3 Å². The Morgan fingerprint density at radius 1 is 1.30 bits per heavy atom. The monoisotopic (exact) mass is 429 g/mol. The van der Waals surface area contributed by atoms with E-state index < -0.39 is 0 Å². The summed E-state index contributed by atoms with van der Waals surface area (Å²) in [4.78, 5) is 26.5. The SMILES string of the molecule is O=C1OCCN1c1cc(C2CC2)cn2nc(CNc3cc(Br)ncn3)nc12. The number of pyridine rings is 1. The summed E-state index contributed by atoms with van der Waals surface area (Å²) < 4.78 is 7.57. The number of carbonyl (C=O) groups is 1. The van der Waals surface area contributed by atoms with Gasteiger partial charge in [0.1, 0.15) is 23.4 Å². The smallest absolute Gasteiger partial charge is 0.414 e. The average Bonchev–Trinajstić information content (AvgIpc) is 3.29. The molecule has 0 bridgehead atoms. The number of nitrogens with one attached hydrogen (secondary N) is 1. The third-order valence-electron chi connectivity index (χ3n) is 4.64. The molecule has 0 unspecified atom stereocenters. The van der Waals surface area contributed by atoms with Crippen molar-refractivity contribution in [3.05, 3.63) is 40.6 Å². The molecule has 2 aliphatic rings. The van der Waals surface area contributed by atoms with Crippen molar-refractivity contribution in [1.82, 2.24) is 24.6 Å². The molecule has 1 saturated heterocycles. The van der Waals surface area contributed by atoms with Gasteiger partial charge < -0.3 is 10.1 Å². The minimum Gasteiger partial charge on any atom is -0.447 e. The highest BCUT2D eigenvalue weighted by atomic mass is 79.9. The molecule has 3 aromatic rings. The maximum Gasteiger partial charge on any atom is 0.414 e. The molecule has 5 rings (SSSR count). The van der Waals surface area contributed by atoms with Crippen LogP contribution < -0.4 is 10.2 Å². The lowest BCUT2D eigenvalue weighted by atomic mass is 10.1. The fourth-order valence-corrected chi connectivity index (χ4v) is 3.47. The molecule has 1 aliphatic heterocycles. The summed E-state index contributed by atoms with van der Waals surface area (Å²) in [5.41, 5.74) is 2.59. The fourth-order valence-electron chi connectivity index (χ4n) is 3.16. The first kappa shape index (κ1) is 16.4. The molecule has 4 heterocycles. The summed E-state index contributed by atoms with van der Waals surface area (Å²) in [5, 5.41) is 7.77. The van der Waals surface area contributed by atoms with Crippen molar-refractivity contribution >= 4 is 39.2 Å². The van der Waals surface area contributed by atoms with Crippen LogP contribution in [-0.2, 0) is 11.3 Å². The molecule has 9 nitrogen and oxygen atoms in total. The van der Waals surface area contributed by atoms with E-state index in [1.54, 1.807) is 15.5 Å². The molecule has 0 spiro atoms. The second-order valence-corrected chi connectivity index (χ2v) is 7.39. The first-order valence-electron chi connectivity index (χ1n) is 8.72. The van der Waals surface area contributed by atoms with E-state index >= 15 is 0 Å². The lowest BCUT2D eigenvalue weighted by Gasteiger charge is -2.14. The second kappa shape index (κ2) is 6.45. The van der Waals surface area contributed by atoms with Gasteiger partial charge in [-0.25, -0.2) is 24.3 Å². The Bertz CT molecular complexity index is 1030. The summed E-state index contributed by atoms with van der Waals surface area (Å²) in [6, 6.07) is 3.83. The number of hydrogen-bond acceptors (Lipinski definition) is 7. The number of aromatic nitrogens is 5. The molecule has 10 heteroatoms. The van der Waals surface area contributed by atoms with Crippen LogP contribution in [0.3, 0.4) is 0 Å². The standard InChI is InChI=1S/C17H16BrN7O2/c18-13-6-14(21-9-20-13)19-7-15-22-16-12(24-3-4-27-17(24)26)5-11(10-1-2-10)8-25(16)23-15/h5-6,8-10H,1-4,7H2,(H,19,20,21). The summed E-state index contributed by atoms with van der Waals surface area (Å²) in [5.74, 6) is 1.83. The van der Waals surface area contributed by atoms with E-state index in [9.17, 15) is 4.79 Å². The Morgan fingerprint density at radius 3 is 2.93 bits per heavy atom. The molecule has 1 saturated carbocycles. The molecule has 3 aromatic heterocycles. The third kappa shape index (κ3) is 3.20. The minimum atomic E-state index is -0.335. The normalized spacial score (nSPS) is 16.8. The third-order valence-corrected chi connectivity index (χ3v) is 5.07. The van der Waals surface area contributed by atoms with Crippen LogP contribution >= 0.6 is 15.9 Å². The molecule has 1 N–H and O–H groups in total.